The fourth-order valence-corrected chi connectivity index (χ4v) is 1.52. The average molecular weight is 270 g/mol. The van der Waals surface area contributed by atoms with E-state index in [-0.39, 0.29) is 0 Å². The number of phosphoric acid groups is 1. The number of carbonyl (C=O) groups is 1. The van der Waals surface area contributed by atoms with Crippen molar-refractivity contribution in [2.45, 2.75) is 12.2 Å². The Morgan fingerprint density at radius 3 is 2.65 bits per heavy atom. The van der Waals surface area contributed by atoms with Crippen molar-refractivity contribution in [3.63, 3.8) is 0 Å². The second-order valence-electron chi connectivity index (χ2n) is 3.03. The zero-order chi connectivity index (χ0) is 13.2. The molecule has 3 atom stereocenters. The second kappa shape index (κ2) is 5.03. The molecule has 0 aliphatic carbocycles. The topological polar surface area (TPSA) is 143 Å². The molecular weight excluding hydrogens is 259 g/mol. The molecule has 0 spiro atoms. The van der Waals surface area contributed by atoms with Gasteiger partial charge in [-0.05, 0) is 0 Å². The van der Waals surface area contributed by atoms with Gasteiger partial charge in [-0.1, -0.05) is 0 Å². The number of cyclic esters (lactones) is 1. The van der Waals surface area contributed by atoms with Gasteiger partial charge in [0.1, 0.15) is 6.10 Å². The normalized spacial score (nSPS) is 25.4. The molecule has 0 aromatic rings. The first-order valence-corrected chi connectivity index (χ1v) is 5.83. The number of esters is 1. The van der Waals surface area contributed by atoms with Crippen molar-refractivity contribution in [2.75, 3.05) is 13.7 Å². The predicted molar refractivity (Wildman–Crippen MR) is 50.5 cm³/mol. The van der Waals surface area contributed by atoms with E-state index in [1.54, 1.807) is 0 Å². The van der Waals surface area contributed by atoms with Gasteiger partial charge in [0.25, 0.3) is 5.76 Å². The van der Waals surface area contributed by atoms with E-state index in [9.17, 15) is 19.6 Å². The lowest BCUT2D eigenvalue weighted by molar-refractivity contribution is -0.147. The molecular formula is C7H11O9P. The highest BCUT2D eigenvalue weighted by Crippen LogP contribution is 2.46. The molecule has 1 rings (SSSR count). The molecule has 1 aliphatic heterocycles. The number of carbonyl (C=O) groups excluding carboxylic acids is 1. The number of hydrogen-bond acceptors (Lipinski definition) is 8. The Bertz CT molecular complexity index is 389. The third kappa shape index (κ3) is 2.96. The number of rotatable bonds is 5. The summed E-state index contributed by atoms with van der Waals surface area (Å²) in [5.74, 6) is -3.07. The van der Waals surface area contributed by atoms with Gasteiger partial charge in [-0.15, -0.1) is 0 Å². The Balaban J connectivity index is 2.94. The Hall–Kier alpha value is -1.12. The van der Waals surface area contributed by atoms with E-state index >= 15 is 0 Å². The molecule has 3 unspecified atom stereocenters. The standard InChI is InChI=1S/C7H11O9P/c1-14-17(12,13)16-6-4(10)5(3(9)2-8)15-7(6)11/h3,5,8-10H,2H2,1H3,(H,12,13). The fraction of sp³-hybridized carbons (Fsp3) is 0.571. The van der Waals surface area contributed by atoms with E-state index < -0.39 is 44.1 Å². The minimum absolute atomic E-state index is 0.781. The van der Waals surface area contributed by atoms with Gasteiger partial charge in [-0.3, -0.25) is 9.42 Å². The monoisotopic (exact) mass is 270 g/mol. The number of aliphatic hydroxyl groups excluding tert-OH is 3. The van der Waals surface area contributed by atoms with Crippen molar-refractivity contribution in [3.8, 4) is 0 Å². The van der Waals surface area contributed by atoms with Gasteiger partial charge < -0.3 is 24.6 Å². The molecule has 0 fully saturated rings. The molecule has 4 N–H and O–H groups in total. The van der Waals surface area contributed by atoms with Gasteiger partial charge in [0, 0.05) is 7.11 Å². The summed E-state index contributed by atoms with van der Waals surface area (Å²) < 4.78 is 23.8. The van der Waals surface area contributed by atoms with Gasteiger partial charge in [0.05, 0.1) is 6.61 Å². The van der Waals surface area contributed by atoms with Crippen LogP contribution in [0.3, 0.4) is 0 Å². The smallest absolute Gasteiger partial charge is 0.505 e. The summed E-state index contributed by atoms with van der Waals surface area (Å²) in [5, 5.41) is 27.2. The molecule has 0 radical (unpaired) electrons. The lowest BCUT2D eigenvalue weighted by atomic mass is 10.2. The molecule has 1 aliphatic rings. The van der Waals surface area contributed by atoms with Crippen LogP contribution in [0.2, 0.25) is 0 Å². The van der Waals surface area contributed by atoms with E-state index in [1.165, 1.54) is 0 Å². The fourth-order valence-electron chi connectivity index (χ4n) is 1.05. The number of aliphatic hydroxyl groups is 3. The molecule has 0 aromatic carbocycles. The van der Waals surface area contributed by atoms with Crippen LogP contribution in [-0.2, 0) is 23.1 Å². The maximum absolute atomic E-state index is 11.2. The van der Waals surface area contributed by atoms with Crippen molar-refractivity contribution in [1.29, 1.82) is 0 Å². The van der Waals surface area contributed by atoms with E-state index in [0.717, 1.165) is 7.11 Å². The molecule has 0 aromatic heterocycles. The highest BCUT2D eigenvalue weighted by molar-refractivity contribution is 7.47. The second-order valence-corrected chi connectivity index (χ2v) is 4.52. The number of hydrogen-bond donors (Lipinski definition) is 4. The molecule has 0 saturated carbocycles. The van der Waals surface area contributed by atoms with Gasteiger partial charge in [-0.25, -0.2) is 9.36 Å². The predicted octanol–water partition coefficient (Wildman–Crippen LogP) is -1.20. The summed E-state index contributed by atoms with van der Waals surface area (Å²) in [4.78, 5) is 20.1. The van der Waals surface area contributed by atoms with Crippen molar-refractivity contribution in [1.82, 2.24) is 0 Å². The third-order valence-corrected chi connectivity index (χ3v) is 2.77. The zero-order valence-corrected chi connectivity index (χ0v) is 9.53. The van der Waals surface area contributed by atoms with Crippen LogP contribution in [0, 0.1) is 0 Å². The van der Waals surface area contributed by atoms with Crippen LogP contribution in [0.4, 0.5) is 0 Å². The summed E-state index contributed by atoms with van der Waals surface area (Å²) in [7, 11) is -3.67. The average Bonchev–Trinajstić information content (AvgIpc) is 2.56. The molecule has 9 nitrogen and oxygen atoms in total. The molecule has 0 saturated heterocycles. The maximum atomic E-state index is 11.2. The maximum Gasteiger partial charge on any atom is 0.527 e. The Morgan fingerprint density at radius 1 is 1.59 bits per heavy atom. The summed E-state index contributed by atoms with van der Waals surface area (Å²) in [6, 6.07) is 0. The Labute approximate surface area is 95.5 Å². The van der Waals surface area contributed by atoms with Crippen molar-refractivity contribution in [2.24, 2.45) is 0 Å². The van der Waals surface area contributed by atoms with Crippen molar-refractivity contribution < 1.29 is 43.4 Å². The third-order valence-electron chi connectivity index (χ3n) is 1.90. The quantitative estimate of drug-likeness (QED) is 0.357. The molecule has 98 valence electrons. The lowest BCUT2D eigenvalue weighted by Crippen LogP contribution is -2.31. The van der Waals surface area contributed by atoms with Crippen LogP contribution in [-0.4, -0.2) is 52.1 Å². The first kappa shape index (κ1) is 13.9. The van der Waals surface area contributed by atoms with Crippen molar-refractivity contribution >= 4 is 13.8 Å². The van der Waals surface area contributed by atoms with E-state index in [1.807, 2.05) is 0 Å². The molecule has 0 amide bonds. The minimum Gasteiger partial charge on any atom is -0.505 e. The van der Waals surface area contributed by atoms with Crippen molar-refractivity contribution in [3.05, 3.63) is 11.5 Å². The molecule has 17 heavy (non-hydrogen) atoms. The van der Waals surface area contributed by atoms with Crippen LogP contribution >= 0.6 is 7.82 Å². The van der Waals surface area contributed by atoms with Gasteiger partial charge >= 0.3 is 13.8 Å². The van der Waals surface area contributed by atoms with Crippen LogP contribution in [0.5, 0.6) is 0 Å². The molecule has 0 bridgehead atoms. The SMILES string of the molecule is COP(=O)(O)OC1=C(O)C(C(O)CO)OC1=O. The van der Waals surface area contributed by atoms with Crippen LogP contribution < -0.4 is 0 Å². The highest BCUT2D eigenvalue weighted by atomic mass is 31.2. The van der Waals surface area contributed by atoms with Crippen LogP contribution in [0.25, 0.3) is 0 Å². The summed E-state index contributed by atoms with van der Waals surface area (Å²) in [6.07, 6.45) is -3.11. The lowest BCUT2D eigenvalue weighted by Gasteiger charge is -2.14. The van der Waals surface area contributed by atoms with Crippen LogP contribution in [0.15, 0.2) is 11.5 Å². The van der Waals surface area contributed by atoms with Crippen LogP contribution in [0.1, 0.15) is 0 Å². The summed E-state index contributed by atoms with van der Waals surface area (Å²) in [5.41, 5.74) is 0. The van der Waals surface area contributed by atoms with E-state index in [4.69, 9.17) is 10.00 Å². The van der Waals surface area contributed by atoms with E-state index in [0.29, 0.717) is 0 Å². The molecule has 10 heteroatoms. The number of phosphoric ester groups is 1. The van der Waals surface area contributed by atoms with Gasteiger partial charge in [0.2, 0.25) is 0 Å². The largest absolute Gasteiger partial charge is 0.527 e. The first-order valence-electron chi connectivity index (χ1n) is 4.33. The van der Waals surface area contributed by atoms with Gasteiger partial charge in [-0.2, -0.15) is 0 Å². The Morgan fingerprint density at radius 2 is 2.18 bits per heavy atom. The van der Waals surface area contributed by atoms with E-state index in [2.05, 4.69) is 13.8 Å². The van der Waals surface area contributed by atoms with Gasteiger partial charge in [0.15, 0.2) is 11.9 Å². The minimum atomic E-state index is -4.53. The highest BCUT2D eigenvalue weighted by Gasteiger charge is 2.43. The zero-order valence-electron chi connectivity index (χ0n) is 8.64. The Kier molecular flexibility index (Phi) is 4.12. The molecule has 1 heterocycles. The number of ether oxygens (including phenoxy) is 1. The first-order chi connectivity index (χ1) is 7.82. The summed E-state index contributed by atoms with van der Waals surface area (Å²) in [6.45, 7) is -0.781. The summed E-state index contributed by atoms with van der Waals surface area (Å²) >= 11 is 0.